The van der Waals surface area contributed by atoms with E-state index in [4.69, 9.17) is 23.8 Å². The smallest absolute Gasteiger partial charge is 0.266 e. The lowest BCUT2D eigenvalue weighted by Gasteiger charge is -2.14. The minimum Gasteiger partial charge on any atom is -0.506 e. The first-order chi connectivity index (χ1) is 14.8. The molecule has 1 fully saturated rings. The molecule has 31 heavy (non-hydrogen) atoms. The number of rotatable bonds is 8. The average Bonchev–Trinajstić information content (AvgIpc) is 2.99. The summed E-state index contributed by atoms with van der Waals surface area (Å²) >= 11 is 12.6. The standard InChI is InChI=1S/C23H23ClN2O3S2/c1-15-6-8-16(9-7-15)13-20-22(29)26(23(30)31-20)12-4-2-3-5-21(28)25-18-14-17(24)10-11-19(18)27/h6-11,13-14,27H,2-5,12H2,1H3,(H,25,28). The molecule has 5 nitrogen and oxygen atoms in total. The molecule has 1 heterocycles. The first kappa shape index (κ1) is 23.3. The molecule has 1 aliphatic rings. The van der Waals surface area contributed by atoms with E-state index in [0.717, 1.165) is 18.4 Å². The lowest BCUT2D eigenvalue weighted by molar-refractivity contribution is -0.122. The predicted molar refractivity (Wildman–Crippen MR) is 131 cm³/mol. The summed E-state index contributed by atoms with van der Waals surface area (Å²) in [6.07, 6.45) is 4.39. The Kier molecular flexibility index (Phi) is 8.12. The second-order valence-electron chi connectivity index (χ2n) is 7.26. The number of aryl methyl sites for hydroxylation is 1. The predicted octanol–water partition coefficient (Wildman–Crippen LogP) is 5.75. The van der Waals surface area contributed by atoms with E-state index in [0.29, 0.717) is 39.3 Å². The first-order valence-corrected chi connectivity index (χ1v) is 11.5. The highest BCUT2D eigenvalue weighted by Gasteiger charge is 2.31. The van der Waals surface area contributed by atoms with Crippen LogP contribution in [0.3, 0.4) is 0 Å². The number of unbranched alkanes of at least 4 members (excludes halogenated alkanes) is 2. The molecule has 162 valence electrons. The topological polar surface area (TPSA) is 69.6 Å². The molecule has 2 aromatic carbocycles. The van der Waals surface area contributed by atoms with Crippen LogP contribution in [0.1, 0.15) is 36.8 Å². The summed E-state index contributed by atoms with van der Waals surface area (Å²) in [6.45, 7) is 2.56. The van der Waals surface area contributed by atoms with E-state index < -0.39 is 0 Å². The Bertz CT molecular complexity index is 1020. The molecule has 0 unspecified atom stereocenters. The molecule has 0 atom stereocenters. The van der Waals surface area contributed by atoms with Gasteiger partial charge in [0, 0.05) is 18.0 Å². The van der Waals surface area contributed by atoms with Crippen LogP contribution in [-0.4, -0.2) is 32.7 Å². The normalized spacial score (nSPS) is 15.0. The Morgan fingerprint density at radius 3 is 2.68 bits per heavy atom. The summed E-state index contributed by atoms with van der Waals surface area (Å²) in [5, 5.41) is 12.9. The van der Waals surface area contributed by atoms with Gasteiger partial charge in [-0.1, -0.05) is 71.8 Å². The number of phenols is 1. The molecule has 0 bridgehead atoms. The van der Waals surface area contributed by atoms with Gasteiger partial charge in [0.15, 0.2) is 0 Å². The van der Waals surface area contributed by atoms with Gasteiger partial charge in [0.2, 0.25) is 5.91 Å². The van der Waals surface area contributed by atoms with Crippen molar-refractivity contribution in [1.82, 2.24) is 4.90 Å². The van der Waals surface area contributed by atoms with Gasteiger partial charge in [0.25, 0.3) is 5.91 Å². The van der Waals surface area contributed by atoms with Crippen molar-refractivity contribution in [1.29, 1.82) is 0 Å². The number of benzene rings is 2. The number of aromatic hydroxyl groups is 1. The van der Waals surface area contributed by atoms with Gasteiger partial charge in [-0.2, -0.15) is 0 Å². The molecule has 0 saturated carbocycles. The number of phenolic OH excluding ortho intramolecular Hbond substituents is 1. The molecule has 2 amide bonds. The number of nitrogens with zero attached hydrogens (tertiary/aromatic N) is 1. The van der Waals surface area contributed by atoms with Crippen LogP contribution in [0.2, 0.25) is 5.02 Å². The van der Waals surface area contributed by atoms with Crippen LogP contribution in [0.15, 0.2) is 47.4 Å². The third kappa shape index (κ3) is 6.56. The van der Waals surface area contributed by atoms with Crippen molar-refractivity contribution in [3.8, 4) is 5.75 Å². The zero-order chi connectivity index (χ0) is 22.4. The van der Waals surface area contributed by atoms with Crippen molar-refractivity contribution in [2.45, 2.75) is 32.6 Å². The van der Waals surface area contributed by atoms with Crippen LogP contribution < -0.4 is 5.32 Å². The number of hydrogen-bond acceptors (Lipinski definition) is 5. The van der Waals surface area contributed by atoms with Crippen LogP contribution in [0, 0.1) is 6.92 Å². The summed E-state index contributed by atoms with van der Waals surface area (Å²) < 4.78 is 0.567. The Morgan fingerprint density at radius 2 is 1.94 bits per heavy atom. The second kappa shape index (κ2) is 10.8. The number of nitrogens with one attached hydrogen (secondary N) is 1. The molecule has 1 aliphatic heterocycles. The van der Waals surface area contributed by atoms with Crippen molar-refractivity contribution in [2.75, 3.05) is 11.9 Å². The van der Waals surface area contributed by atoms with E-state index in [1.807, 2.05) is 37.3 Å². The number of thioether (sulfide) groups is 1. The minimum atomic E-state index is -0.191. The summed E-state index contributed by atoms with van der Waals surface area (Å²) in [7, 11) is 0. The van der Waals surface area contributed by atoms with Gasteiger partial charge >= 0.3 is 0 Å². The van der Waals surface area contributed by atoms with E-state index in [-0.39, 0.29) is 17.6 Å². The third-order valence-corrected chi connectivity index (χ3v) is 6.38. The molecular formula is C23H23ClN2O3S2. The van der Waals surface area contributed by atoms with E-state index in [1.54, 1.807) is 11.0 Å². The zero-order valence-corrected chi connectivity index (χ0v) is 19.4. The van der Waals surface area contributed by atoms with Gasteiger partial charge < -0.3 is 10.4 Å². The molecular weight excluding hydrogens is 452 g/mol. The Balaban J connectivity index is 1.42. The fraction of sp³-hybridized carbons (Fsp3) is 0.261. The third-order valence-electron chi connectivity index (χ3n) is 4.77. The van der Waals surface area contributed by atoms with E-state index >= 15 is 0 Å². The number of thiocarbonyl (C=S) groups is 1. The largest absolute Gasteiger partial charge is 0.506 e. The molecule has 0 aliphatic carbocycles. The van der Waals surface area contributed by atoms with Gasteiger partial charge in [0.1, 0.15) is 10.1 Å². The number of carbonyl (C=O) groups is 2. The lowest BCUT2D eigenvalue weighted by atomic mass is 10.1. The van der Waals surface area contributed by atoms with E-state index in [2.05, 4.69) is 5.32 Å². The molecule has 1 saturated heterocycles. The highest BCUT2D eigenvalue weighted by Crippen LogP contribution is 2.33. The SMILES string of the molecule is Cc1ccc(C=C2SC(=S)N(CCCCCC(=O)Nc3cc(Cl)ccc3O)C2=O)cc1. The summed E-state index contributed by atoms with van der Waals surface area (Å²) in [5.74, 6) is -0.278. The molecule has 0 radical (unpaired) electrons. The lowest BCUT2D eigenvalue weighted by Crippen LogP contribution is -2.29. The highest BCUT2D eigenvalue weighted by molar-refractivity contribution is 8.26. The van der Waals surface area contributed by atoms with Gasteiger partial charge in [0.05, 0.1) is 10.6 Å². The van der Waals surface area contributed by atoms with Crippen molar-refractivity contribution in [3.05, 3.63) is 63.5 Å². The number of amides is 2. The molecule has 8 heteroatoms. The maximum absolute atomic E-state index is 12.7. The van der Waals surface area contributed by atoms with Crippen LogP contribution in [-0.2, 0) is 9.59 Å². The maximum atomic E-state index is 12.7. The van der Waals surface area contributed by atoms with Crippen LogP contribution in [0.5, 0.6) is 5.75 Å². The maximum Gasteiger partial charge on any atom is 0.266 e. The van der Waals surface area contributed by atoms with Crippen LogP contribution in [0.4, 0.5) is 5.69 Å². The summed E-state index contributed by atoms with van der Waals surface area (Å²) in [4.78, 5) is 27.0. The zero-order valence-electron chi connectivity index (χ0n) is 17.1. The van der Waals surface area contributed by atoms with Crippen molar-refractivity contribution in [2.24, 2.45) is 0 Å². The molecule has 0 aromatic heterocycles. The Morgan fingerprint density at radius 1 is 1.19 bits per heavy atom. The molecule has 3 rings (SSSR count). The fourth-order valence-electron chi connectivity index (χ4n) is 3.06. The number of halogens is 1. The molecule has 2 aromatic rings. The van der Waals surface area contributed by atoms with Crippen LogP contribution in [0.25, 0.3) is 6.08 Å². The van der Waals surface area contributed by atoms with Gasteiger partial charge in [-0.25, -0.2) is 0 Å². The van der Waals surface area contributed by atoms with Crippen LogP contribution >= 0.6 is 35.6 Å². The van der Waals surface area contributed by atoms with E-state index in [9.17, 15) is 14.7 Å². The van der Waals surface area contributed by atoms with E-state index in [1.165, 1.54) is 29.5 Å². The molecule has 2 N–H and O–H groups in total. The average molecular weight is 475 g/mol. The van der Waals surface area contributed by atoms with Gasteiger partial charge in [-0.05, 0) is 49.6 Å². The van der Waals surface area contributed by atoms with Crippen molar-refractivity contribution in [3.63, 3.8) is 0 Å². The second-order valence-corrected chi connectivity index (χ2v) is 9.38. The van der Waals surface area contributed by atoms with Gasteiger partial charge in [-0.3, -0.25) is 14.5 Å². The number of hydrogen-bond donors (Lipinski definition) is 2. The summed E-state index contributed by atoms with van der Waals surface area (Å²) in [5.41, 5.74) is 2.45. The monoisotopic (exact) mass is 474 g/mol. The summed E-state index contributed by atoms with van der Waals surface area (Å²) in [6, 6.07) is 12.5. The number of carbonyl (C=O) groups excluding carboxylic acids is 2. The Hall–Kier alpha value is -2.35. The molecule has 0 spiro atoms. The first-order valence-electron chi connectivity index (χ1n) is 9.94. The van der Waals surface area contributed by atoms with Crippen molar-refractivity contribution < 1.29 is 14.7 Å². The quantitative estimate of drug-likeness (QED) is 0.220. The van der Waals surface area contributed by atoms with Crippen molar-refractivity contribution >= 4 is 63.5 Å². The highest BCUT2D eigenvalue weighted by atomic mass is 35.5. The number of anilines is 1. The van der Waals surface area contributed by atoms with Gasteiger partial charge in [-0.15, -0.1) is 0 Å². The Labute approximate surface area is 196 Å². The fourth-order valence-corrected chi connectivity index (χ4v) is 4.54. The minimum absolute atomic E-state index is 0.0224.